The van der Waals surface area contributed by atoms with Crippen molar-refractivity contribution < 1.29 is 26.7 Å². The minimum Gasteiger partial charge on any atom is -0.463 e. The van der Waals surface area contributed by atoms with E-state index in [0.29, 0.717) is 12.8 Å². The molecule has 0 amide bonds. The average Bonchev–Trinajstić information content (AvgIpc) is 2.09. The quantitative estimate of drug-likeness (QED) is 0.304. The number of hydrogen-bond donors (Lipinski definition) is 1. The molecule has 0 spiro atoms. The first-order valence-corrected chi connectivity index (χ1v) is 5.73. The molecule has 0 aromatic rings. The van der Waals surface area contributed by atoms with Crippen LogP contribution in [0.2, 0.25) is 0 Å². The van der Waals surface area contributed by atoms with Gasteiger partial charge >= 0.3 is 16.4 Å². The molecule has 0 fully saturated rings. The van der Waals surface area contributed by atoms with E-state index in [-0.39, 0.29) is 13.2 Å². The Labute approximate surface area is 88.8 Å². The molecule has 0 saturated carbocycles. The third-order valence-corrected chi connectivity index (χ3v) is 1.78. The normalized spacial score (nSPS) is 11.9. The summed E-state index contributed by atoms with van der Waals surface area (Å²) < 4.78 is 37.2. The highest BCUT2D eigenvalue weighted by molar-refractivity contribution is 7.80. The lowest BCUT2D eigenvalue weighted by molar-refractivity contribution is -0.137. The largest absolute Gasteiger partial charge is 0.463 e. The van der Waals surface area contributed by atoms with Crippen LogP contribution in [0.3, 0.4) is 0 Å². The first-order chi connectivity index (χ1) is 6.95. The second kappa shape index (κ2) is 7.38. The molecule has 1 N–H and O–H groups in total. The van der Waals surface area contributed by atoms with E-state index in [1.807, 2.05) is 0 Å². The Morgan fingerprint density at radius 3 is 2.47 bits per heavy atom. The highest BCUT2D eigenvalue weighted by atomic mass is 32.3. The number of ether oxygens (including phenoxy) is 1. The monoisotopic (exact) mass is 238 g/mol. The Morgan fingerprint density at radius 2 is 1.93 bits per heavy atom. The van der Waals surface area contributed by atoms with Crippen LogP contribution in [-0.2, 0) is 24.1 Å². The fourth-order valence-electron chi connectivity index (χ4n) is 0.725. The molecule has 0 aromatic carbocycles. The van der Waals surface area contributed by atoms with E-state index < -0.39 is 16.4 Å². The average molecular weight is 238 g/mol. The van der Waals surface area contributed by atoms with Gasteiger partial charge in [0.1, 0.15) is 0 Å². The molecule has 0 heterocycles. The van der Waals surface area contributed by atoms with Gasteiger partial charge in [-0.05, 0) is 19.8 Å². The molecule has 0 rings (SSSR count). The van der Waals surface area contributed by atoms with E-state index >= 15 is 0 Å². The Morgan fingerprint density at radius 1 is 1.33 bits per heavy atom. The zero-order valence-electron chi connectivity index (χ0n) is 8.38. The number of hydrogen-bond acceptors (Lipinski definition) is 5. The molecule has 7 heteroatoms. The van der Waals surface area contributed by atoms with E-state index in [9.17, 15) is 13.2 Å². The SMILES string of the molecule is C/C=C/C(=O)OCCCCOS(=O)(=O)O. The lowest BCUT2D eigenvalue weighted by Gasteiger charge is -2.01. The summed E-state index contributed by atoms with van der Waals surface area (Å²) in [5.41, 5.74) is 0. The molecule has 0 aliphatic rings. The van der Waals surface area contributed by atoms with Gasteiger partial charge in [0.25, 0.3) is 0 Å². The molecule has 88 valence electrons. The molecule has 0 aliphatic carbocycles. The molecule has 0 radical (unpaired) electrons. The van der Waals surface area contributed by atoms with Crippen molar-refractivity contribution in [3.8, 4) is 0 Å². The molecule has 0 saturated heterocycles. The molecule has 0 bridgehead atoms. The van der Waals surface area contributed by atoms with Crippen molar-refractivity contribution in [3.63, 3.8) is 0 Å². The predicted molar refractivity (Wildman–Crippen MR) is 52.5 cm³/mol. The second-order valence-electron chi connectivity index (χ2n) is 2.62. The summed E-state index contributed by atoms with van der Waals surface area (Å²) in [4.78, 5) is 10.8. The fourth-order valence-corrected chi connectivity index (χ4v) is 1.05. The van der Waals surface area contributed by atoms with Crippen LogP contribution in [0.1, 0.15) is 19.8 Å². The van der Waals surface area contributed by atoms with Gasteiger partial charge in [-0.15, -0.1) is 0 Å². The van der Waals surface area contributed by atoms with Crippen LogP contribution in [0.25, 0.3) is 0 Å². The van der Waals surface area contributed by atoms with Gasteiger partial charge in [-0.25, -0.2) is 8.98 Å². The Balaban J connectivity index is 3.37. The molecular formula is C8H14O6S. The Kier molecular flexibility index (Phi) is 6.93. The van der Waals surface area contributed by atoms with Crippen LogP contribution in [0.5, 0.6) is 0 Å². The number of esters is 1. The van der Waals surface area contributed by atoms with E-state index in [4.69, 9.17) is 9.29 Å². The van der Waals surface area contributed by atoms with Crippen LogP contribution < -0.4 is 0 Å². The number of carbonyl (C=O) groups is 1. The van der Waals surface area contributed by atoms with E-state index in [0.717, 1.165) is 0 Å². The highest BCUT2D eigenvalue weighted by Gasteiger charge is 2.03. The highest BCUT2D eigenvalue weighted by Crippen LogP contribution is 1.95. The Hall–Kier alpha value is -0.920. The molecule has 0 unspecified atom stereocenters. The lowest BCUT2D eigenvalue weighted by atomic mass is 10.3. The molecule has 0 aliphatic heterocycles. The van der Waals surface area contributed by atoms with Gasteiger partial charge in [0, 0.05) is 6.08 Å². The first kappa shape index (κ1) is 14.1. The van der Waals surface area contributed by atoms with Gasteiger partial charge in [-0.1, -0.05) is 6.08 Å². The van der Waals surface area contributed by atoms with Crippen molar-refractivity contribution in [1.82, 2.24) is 0 Å². The zero-order chi connectivity index (χ0) is 11.7. The second-order valence-corrected chi connectivity index (χ2v) is 3.72. The molecule has 15 heavy (non-hydrogen) atoms. The minimum atomic E-state index is -4.36. The summed E-state index contributed by atoms with van der Waals surface area (Å²) in [6.45, 7) is 1.76. The maximum absolute atomic E-state index is 10.8. The van der Waals surface area contributed by atoms with Crippen molar-refractivity contribution in [2.75, 3.05) is 13.2 Å². The number of rotatable bonds is 7. The van der Waals surface area contributed by atoms with Gasteiger partial charge in [-0.2, -0.15) is 8.42 Å². The minimum absolute atomic E-state index is 0.125. The summed E-state index contributed by atoms with van der Waals surface area (Å²) in [7, 11) is -4.36. The molecule has 6 nitrogen and oxygen atoms in total. The van der Waals surface area contributed by atoms with Crippen LogP contribution in [0.15, 0.2) is 12.2 Å². The standard InChI is InChI=1S/C8H14O6S/c1-2-5-8(9)13-6-3-4-7-14-15(10,11)12/h2,5H,3-4,6-7H2,1H3,(H,10,11,12)/b5-2+. The fraction of sp³-hybridized carbons (Fsp3) is 0.625. The third kappa shape index (κ3) is 11.0. The maximum Gasteiger partial charge on any atom is 0.397 e. The topological polar surface area (TPSA) is 89.9 Å². The third-order valence-electron chi connectivity index (χ3n) is 1.32. The van der Waals surface area contributed by atoms with Crippen LogP contribution in [0.4, 0.5) is 0 Å². The van der Waals surface area contributed by atoms with Crippen molar-refractivity contribution in [2.45, 2.75) is 19.8 Å². The number of unbranched alkanes of at least 4 members (excludes halogenated alkanes) is 1. The summed E-state index contributed by atoms with van der Waals surface area (Å²) in [5.74, 6) is -0.437. The van der Waals surface area contributed by atoms with E-state index in [2.05, 4.69) is 4.18 Å². The lowest BCUT2D eigenvalue weighted by Crippen LogP contribution is -2.07. The summed E-state index contributed by atoms with van der Waals surface area (Å²) in [5, 5.41) is 0. The van der Waals surface area contributed by atoms with Gasteiger partial charge in [-0.3, -0.25) is 4.55 Å². The predicted octanol–water partition coefficient (Wildman–Crippen LogP) is 0.705. The van der Waals surface area contributed by atoms with Crippen LogP contribution >= 0.6 is 0 Å². The van der Waals surface area contributed by atoms with Gasteiger partial charge in [0.15, 0.2) is 0 Å². The van der Waals surface area contributed by atoms with Crippen LogP contribution in [-0.4, -0.2) is 32.2 Å². The number of carbonyl (C=O) groups excluding carboxylic acids is 1. The van der Waals surface area contributed by atoms with Gasteiger partial charge in [0.05, 0.1) is 13.2 Å². The number of allylic oxidation sites excluding steroid dienone is 1. The first-order valence-electron chi connectivity index (χ1n) is 4.37. The summed E-state index contributed by atoms with van der Waals surface area (Å²) in [6.07, 6.45) is 3.69. The summed E-state index contributed by atoms with van der Waals surface area (Å²) in [6, 6.07) is 0. The molecule has 0 atom stereocenters. The van der Waals surface area contributed by atoms with Gasteiger partial charge in [0.2, 0.25) is 0 Å². The smallest absolute Gasteiger partial charge is 0.397 e. The zero-order valence-corrected chi connectivity index (χ0v) is 9.20. The summed E-state index contributed by atoms with van der Waals surface area (Å²) >= 11 is 0. The maximum atomic E-state index is 10.8. The van der Waals surface area contributed by atoms with Crippen molar-refractivity contribution in [2.24, 2.45) is 0 Å². The molecular weight excluding hydrogens is 224 g/mol. The van der Waals surface area contributed by atoms with E-state index in [1.54, 1.807) is 13.0 Å². The van der Waals surface area contributed by atoms with Crippen molar-refractivity contribution in [3.05, 3.63) is 12.2 Å². The Bertz CT molecular complexity index is 305. The van der Waals surface area contributed by atoms with E-state index in [1.165, 1.54) is 6.08 Å². The van der Waals surface area contributed by atoms with Crippen LogP contribution in [0, 0.1) is 0 Å². The van der Waals surface area contributed by atoms with Crippen molar-refractivity contribution >= 4 is 16.4 Å². The van der Waals surface area contributed by atoms with Crippen molar-refractivity contribution in [1.29, 1.82) is 0 Å². The molecule has 0 aromatic heterocycles. The van der Waals surface area contributed by atoms with Gasteiger partial charge < -0.3 is 4.74 Å².